The van der Waals surface area contributed by atoms with E-state index in [4.69, 9.17) is 0 Å². The Morgan fingerprint density at radius 1 is 1.10 bits per heavy atom. The van der Waals surface area contributed by atoms with Crippen LogP contribution < -0.4 is 4.90 Å². The second kappa shape index (κ2) is 6.23. The van der Waals surface area contributed by atoms with Crippen molar-refractivity contribution in [2.45, 2.75) is 19.4 Å². The Hall–Kier alpha value is -2.31. The van der Waals surface area contributed by atoms with Crippen LogP contribution in [-0.2, 0) is 0 Å². The summed E-state index contributed by atoms with van der Waals surface area (Å²) in [5.74, 6) is 0. The first-order valence-corrected chi connectivity index (χ1v) is 6.68. The molecule has 0 aliphatic rings. The summed E-state index contributed by atoms with van der Waals surface area (Å²) in [6.45, 7) is 1.95. The standard InChI is InChI=1S/C17H18N2O/c1-3-17(20)14-9-5-7-11-16(14)19(2)15-10-6-4-8-13(15)12-18/h4-11,17,20H,3H2,1-2H3/t17-/m0/s1. The van der Waals surface area contributed by atoms with Gasteiger partial charge in [-0.05, 0) is 24.6 Å². The number of aliphatic hydroxyl groups excluding tert-OH is 1. The monoisotopic (exact) mass is 266 g/mol. The van der Waals surface area contributed by atoms with Gasteiger partial charge in [0.1, 0.15) is 6.07 Å². The molecule has 0 unspecified atom stereocenters. The molecule has 0 radical (unpaired) electrons. The number of hydrogen-bond acceptors (Lipinski definition) is 3. The largest absolute Gasteiger partial charge is 0.388 e. The number of nitriles is 1. The highest BCUT2D eigenvalue weighted by Gasteiger charge is 2.15. The van der Waals surface area contributed by atoms with Crippen molar-refractivity contribution < 1.29 is 5.11 Å². The van der Waals surface area contributed by atoms with Crippen molar-refractivity contribution in [3.05, 3.63) is 59.7 Å². The number of para-hydroxylation sites is 2. The molecule has 2 aromatic rings. The Morgan fingerprint density at radius 3 is 2.35 bits per heavy atom. The molecule has 0 saturated heterocycles. The first-order valence-electron chi connectivity index (χ1n) is 6.68. The van der Waals surface area contributed by atoms with Crippen molar-refractivity contribution in [1.82, 2.24) is 0 Å². The summed E-state index contributed by atoms with van der Waals surface area (Å²) < 4.78 is 0. The van der Waals surface area contributed by atoms with E-state index >= 15 is 0 Å². The zero-order valence-corrected chi connectivity index (χ0v) is 11.7. The van der Waals surface area contributed by atoms with Crippen LogP contribution in [0.3, 0.4) is 0 Å². The topological polar surface area (TPSA) is 47.3 Å². The summed E-state index contributed by atoms with van der Waals surface area (Å²) in [5, 5.41) is 19.4. The molecular weight excluding hydrogens is 248 g/mol. The molecule has 1 N–H and O–H groups in total. The van der Waals surface area contributed by atoms with Crippen molar-refractivity contribution in [2.75, 3.05) is 11.9 Å². The van der Waals surface area contributed by atoms with E-state index in [0.29, 0.717) is 12.0 Å². The van der Waals surface area contributed by atoms with Crippen molar-refractivity contribution in [3.63, 3.8) is 0 Å². The lowest BCUT2D eigenvalue weighted by Gasteiger charge is -2.25. The van der Waals surface area contributed by atoms with E-state index in [-0.39, 0.29) is 0 Å². The molecule has 102 valence electrons. The third-order valence-corrected chi connectivity index (χ3v) is 3.43. The average molecular weight is 266 g/mol. The number of aliphatic hydroxyl groups is 1. The molecule has 0 aromatic heterocycles. The van der Waals surface area contributed by atoms with Gasteiger partial charge in [-0.3, -0.25) is 0 Å². The summed E-state index contributed by atoms with van der Waals surface area (Å²) in [7, 11) is 1.91. The van der Waals surface area contributed by atoms with Gasteiger partial charge in [-0.1, -0.05) is 37.3 Å². The van der Waals surface area contributed by atoms with E-state index < -0.39 is 6.10 Å². The van der Waals surface area contributed by atoms with Gasteiger partial charge in [0.25, 0.3) is 0 Å². The predicted octanol–water partition coefficient (Wildman–Crippen LogP) is 3.77. The molecular formula is C17H18N2O. The van der Waals surface area contributed by atoms with Gasteiger partial charge in [0, 0.05) is 18.3 Å². The predicted molar refractivity (Wildman–Crippen MR) is 80.9 cm³/mol. The number of rotatable bonds is 4. The summed E-state index contributed by atoms with van der Waals surface area (Å²) in [6, 6.07) is 17.4. The van der Waals surface area contributed by atoms with Gasteiger partial charge in [-0.2, -0.15) is 5.26 Å². The third kappa shape index (κ3) is 2.66. The maximum absolute atomic E-state index is 10.1. The SMILES string of the molecule is CC[C@H](O)c1ccccc1N(C)c1ccccc1C#N. The first-order chi connectivity index (χ1) is 9.69. The van der Waals surface area contributed by atoms with Crippen LogP contribution in [0.5, 0.6) is 0 Å². The van der Waals surface area contributed by atoms with Crippen LogP contribution >= 0.6 is 0 Å². The summed E-state index contributed by atoms with van der Waals surface area (Å²) in [4.78, 5) is 1.95. The van der Waals surface area contributed by atoms with Crippen LogP contribution in [0.25, 0.3) is 0 Å². The number of nitrogens with zero attached hydrogens (tertiary/aromatic N) is 2. The van der Waals surface area contributed by atoms with Crippen molar-refractivity contribution in [3.8, 4) is 6.07 Å². The molecule has 0 fully saturated rings. The van der Waals surface area contributed by atoms with Crippen LogP contribution in [0.1, 0.15) is 30.6 Å². The van der Waals surface area contributed by atoms with E-state index in [9.17, 15) is 10.4 Å². The van der Waals surface area contributed by atoms with E-state index in [1.807, 2.05) is 61.3 Å². The fraction of sp³-hybridized carbons (Fsp3) is 0.235. The molecule has 1 atom stereocenters. The Kier molecular flexibility index (Phi) is 4.39. The molecule has 3 nitrogen and oxygen atoms in total. The molecule has 0 bridgehead atoms. The highest BCUT2D eigenvalue weighted by atomic mass is 16.3. The van der Waals surface area contributed by atoms with Gasteiger partial charge in [0.05, 0.1) is 17.4 Å². The molecule has 0 heterocycles. The van der Waals surface area contributed by atoms with Crippen LogP contribution in [-0.4, -0.2) is 12.2 Å². The fourth-order valence-electron chi connectivity index (χ4n) is 2.29. The summed E-state index contributed by atoms with van der Waals surface area (Å²) in [6.07, 6.45) is 0.160. The minimum atomic E-state index is -0.497. The molecule has 0 amide bonds. The molecule has 2 rings (SSSR count). The number of benzene rings is 2. The molecule has 0 aliphatic carbocycles. The van der Waals surface area contributed by atoms with Crippen LogP contribution in [0.15, 0.2) is 48.5 Å². The third-order valence-electron chi connectivity index (χ3n) is 3.43. The second-order valence-corrected chi connectivity index (χ2v) is 4.67. The van der Waals surface area contributed by atoms with Gasteiger partial charge in [0.2, 0.25) is 0 Å². The Morgan fingerprint density at radius 2 is 1.70 bits per heavy atom. The summed E-state index contributed by atoms with van der Waals surface area (Å²) >= 11 is 0. The Labute approximate surface area is 119 Å². The van der Waals surface area contributed by atoms with Crippen molar-refractivity contribution in [1.29, 1.82) is 5.26 Å². The minimum absolute atomic E-state index is 0.497. The highest BCUT2D eigenvalue weighted by molar-refractivity contribution is 5.71. The van der Waals surface area contributed by atoms with E-state index in [0.717, 1.165) is 16.9 Å². The number of hydrogen-bond donors (Lipinski definition) is 1. The molecule has 20 heavy (non-hydrogen) atoms. The quantitative estimate of drug-likeness (QED) is 0.916. The van der Waals surface area contributed by atoms with Crippen molar-refractivity contribution in [2.24, 2.45) is 0 Å². The van der Waals surface area contributed by atoms with Crippen molar-refractivity contribution >= 4 is 11.4 Å². The van der Waals surface area contributed by atoms with Gasteiger partial charge in [-0.15, -0.1) is 0 Å². The fourth-order valence-corrected chi connectivity index (χ4v) is 2.29. The van der Waals surface area contributed by atoms with Gasteiger partial charge in [0.15, 0.2) is 0 Å². The zero-order valence-electron chi connectivity index (χ0n) is 11.7. The molecule has 0 spiro atoms. The van der Waals surface area contributed by atoms with E-state index in [1.54, 1.807) is 6.07 Å². The molecule has 0 aliphatic heterocycles. The molecule has 2 aromatic carbocycles. The van der Waals surface area contributed by atoms with Gasteiger partial charge >= 0.3 is 0 Å². The van der Waals surface area contributed by atoms with Crippen LogP contribution in [0.4, 0.5) is 11.4 Å². The first kappa shape index (κ1) is 14.1. The normalized spacial score (nSPS) is 11.7. The lowest BCUT2D eigenvalue weighted by molar-refractivity contribution is 0.174. The minimum Gasteiger partial charge on any atom is -0.388 e. The maximum atomic E-state index is 10.1. The lowest BCUT2D eigenvalue weighted by Crippen LogP contribution is -2.14. The van der Waals surface area contributed by atoms with E-state index in [2.05, 4.69) is 6.07 Å². The average Bonchev–Trinajstić information content (AvgIpc) is 2.53. The molecule has 0 saturated carbocycles. The lowest BCUT2D eigenvalue weighted by atomic mass is 10.0. The van der Waals surface area contributed by atoms with Crippen LogP contribution in [0, 0.1) is 11.3 Å². The Balaban J connectivity index is 2.49. The van der Waals surface area contributed by atoms with Gasteiger partial charge in [-0.25, -0.2) is 0 Å². The highest BCUT2D eigenvalue weighted by Crippen LogP contribution is 2.33. The number of anilines is 2. The summed E-state index contributed by atoms with van der Waals surface area (Å²) in [5.41, 5.74) is 3.26. The maximum Gasteiger partial charge on any atom is 0.101 e. The second-order valence-electron chi connectivity index (χ2n) is 4.67. The van der Waals surface area contributed by atoms with Crippen LogP contribution in [0.2, 0.25) is 0 Å². The van der Waals surface area contributed by atoms with E-state index in [1.165, 1.54) is 0 Å². The molecule has 3 heteroatoms. The van der Waals surface area contributed by atoms with Gasteiger partial charge < -0.3 is 10.0 Å². The zero-order chi connectivity index (χ0) is 14.5. The smallest absolute Gasteiger partial charge is 0.101 e. The Bertz CT molecular complexity index is 631.